The number of amides is 1. The third kappa shape index (κ3) is 5.07. The van der Waals surface area contributed by atoms with Crippen molar-refractivity contribution in [1.29, 1.82) is 5.26 Å². The zero-order chi connectivity index (χ0) is 25.9. The molecule has 0 aliphatic carbocycles. The fourth-order valence-corrected chi connectivity index (χ4v) is 4.54. The number of hydrogen-bond acceptors (Lipinski definition) is 6. The molecule has 3 aromatic carbocycles. The normalized spacial score (nSPS) is 14.3. The Hall–Kier alpha value is -4.51. The van der Waals surface area contributed by atoms with Gasteiger partial charge in [-0.25, -0.2) is 14.4 Å². The van der Waals surface area contributed by atoms with Crippen molar-refractivity contribution in [2.24, 2.45) is 0 Å². The smallest absolute Gasteiger partial charge is 0.248 e. The van der Waals surface area contributed by atoms with E-state index in [0.717, 1.165) is 16.8 Å². The predicted octanol–water partition coefficient (Wildman–Crippen LogP) is 4.96. The monoisotopic (exact) mass is 494 g/mol. The second kappa shape index (κ2) is 10.2. The van der Waals surface area contributed by atoms with Gasteiger partial charge in [-0.2, -0.15) is 5.26 Å². The van der Waals surface area contributed by atoms with E-state index in [1.54, 1.807) is 12.1 Å². The van der Waals surface area contributed by atoms with Crippen molar-refractivity contribution >= 4 is 34.1 Å². The molecule has 0 bridgehead atoms. The summed E-state index contributed by atoms with van der Waals surface area (Å²) in [5.74, 6) is -1.30. The van der Waals surface area contributed by atoms with E-state index in [1.807, 2.05) is 56.3 Å². The molecule has 1 atom stereocenters. The van der Waals surface area contributed by atoms with Crippen LogP contribution in [0.15, 0.2) is 66.7 Å². The van der Waals surface area contributed by atoms with E-state index in [0.29, 0.717) is 54.4 Å². The minimum atomic E-state index is -1.14. The molecule has 7 nitrogen and oxygen atoms in total. The van der Waals surface area contributed by atoms with Crippen LogP contribution in [0.4, 0.5) is 21.6 Å². The minimum absolute atomic E-state index is 0.264. The summed E-state index contributed by atoms with van der Waals surface area (Å²) in [5, 5.41) is 13.0. The van der Waals surface area contributed by atoms with Gasteiger partial charge in [0.2, 0.25) is 5.91 Å². The Morgan fingerprint density at radius 2 is 1.57 bits per heavy atom. The topological polar surface area (TPSA) is 85.1 Å². The molecule has 1 N–H and O–H groups in total. The third-order valence-corrected chi connectivity index (χ3v) is 6.79. The van der Waals surface area contributed by atoms with Crippen molar-refractivity contribution in [1.82, 2.24) is 9.97 Å². The van der Waals surface area contributed by atoms with Crippen LogP contribution in [0.5, 0.6) is 0 Å². The highest BCUT2D eigenvalue weighted by Crippen LogP contribution is 2.30. The number of carbonyl (C=O) groups excluding carboxylic acids is 1. The number of benzene rings is 3. The number of rotatable bonds is 5. The number of fused-ring (bicyclic) bond motifs is 1. The molecule has 4 aromatic rings. The molecule has 1 aromatic heterocycles. The molecule has 2 heterocycles. The predicted molar refractivity (Wildman–Crippen MR) is 143 cm³/mol. The van der Waals surface area contributed by atoms with Gasteiger partial charge < -0.3 is 15.1 Å². The second-order valence-corrected chi connectivity index (χ2v) is 9.22. The number of aromatic nitrogens is 2. The van der Waals surface area contributed by atoms with Gasteiger partial charge in [0, 0.05) is 37.6 Å². The van der Waals surface area contributed by atoms with Gasteiger partial charge in [-0.1, -0.05) is 18.2 Å². The molecule has 8 heteroatoms. The van der Waals surface area contributed by atoms with E-state index in [-0.39, 0.29) is 5.82 Å². The molecule has 1 amide bonds. The Kier molecular flexibility index (Phi) is 6.69. The molecule has 5 rings (SSSR count). The number of carbonyl (C=O) groups is 1. The first kappa shape index (κ1) is 24.2. The van der Waals surface area contributed by atoms with Crippen LogP contribution in [0.2, 0.25) is 0 Å². The van der Waals surface area contributed by atoms with Crippen molar-refractivity contribution in [3.8, 4) is 6.07 Å². The van der Waals surface area contributed by atoms with Gasteiger partial charge in [0.1, 0.15) is 11.5 Å². The minimum Gasteiger partial charge on any atom is -0.368 e. The lowest BCUT2D eigenvalue weighted by Crippen LogP contribution is -2.47. The maximum absolute atomic E-state index is 13.4. The molecule has 1 unspecified atom stereocenters. The van der Waals surface area contributed by atoms with Crippen molar-refractivity contribution in [2.75, 3.05) is 41.3 Å². The Balaban J connectivity index is 1.45. The molecular formula is C29H27FN6O. The number of piperazine rings is 1. The van der Waals surface area contributed by atoms with E-state index >= 15 is 0 Å². The molecule has 1 fully saturated rings. The Morgan fingerprint density at radius 3 is 2.22 bits per heavy atom. The van der Waals surface area contributed by atoms with Gasteiger partial charge in [-0.15, -0.1) is 0 Å². The van der Waals surface area contributed by atoms with Crippen LogP contribution in [0.3, 0.4) is 0 Å². The quantitative estimate of drug-likeness (QED) is 0.422. The van der Waals surface area contributed by atoms with Gasteiger partial charge in [-0.3, -0.25) is 4.79 Å². The van der Waals surface area contributed by atoms with Crippen LogP contribution < -0.4 is 15.1 Å². The number of halogens is 1. The van der Waals surface area contributed by atoms with E-state index in [2.05, 4.69) is 21.2 Å². The number of anilines is 3. The van der Waals surface area contributed by atoms with Crippen LogP contribution in [0.25, 0.3) is 11.0 Å². The number of nitrogens with one attached hydrogen (secondary N) is 1. The first-order chi connectivity index (χ1) is 17.9. The third-order valence-electron chi connectivity index (χ3n) is 6.79. The summed E-state index contributed by atoms with van der Waals surface area (Å²) in [6.07, 6.45) is 0. The SMILES string of the molecule is Cc1ccc(NC(=O)C(C#N)c2nc3ccccc3nc2N2CCN(c3ccc(F)cc3)CC2)cc1C. The first-order valence-corrected chi connectivity index (χ1v) is 12.2. The Labute approximate surface area is 215 Å². The lowest BCUT2D eigenvalue weighted by atomic mass is 10.0. The zero-order valence-electron chi connectivity index (χ0n) is 20.8. The second-order valence-electron chi connectivity index (χ2n) is 9.22. The van der Waals surface area contributed by atoms with Crippen molar-refractivity contribution in [3.63, 3.8) is 0 Å². The molecule has 0 radical (unpaired) electrons. The Morgan fingerprint density at radius 1 is 0.919 bits per heavy atom. The Bertz CT molecular complexity index is 1490. The summed E-state index contributed by atoms with van der Waals surface area (Å²) in [6, 6.07) is 21.7. The van der Waals surface area contributed by atoms with Crippen LogP contribution in [-0.4, -0.2) is 42.1 Å². The lowest BCUT2D eigenvalue weighted by molar-refractivity contribution is -0.116. The fraction of sp³-hybridized carbons (Fsp3) is 0.241. The summed E-state index contributed by atoms with van der Waals surface area (Å²) in [5.41, 5.74) is 5.44. The van der Waals surface area contributed by atoms with Crippen LogP contribution in [0.1, 0.15) is 22.7 Å². The molecule has 1 aliphatic heterocycles. The molecule has 186 valence electrons. The first-order valence-electron chi connectivity index (χ1n) is 12.2. The number of aryl methyl sites for hydroxylation is 2. The molecule has 37 heavy (non-hydrogen) atoms. The summed E-state index contributed by atoms with van der Waals surface area (Å²) in [6.45, 7) is 6.59. The van der Waals surface area contributed by atoms with Gasteiger partial charge in [0.25, 0.3) is 0 Å². The van der Waals surface area contributed by atoms with Gasteiger partial charge in [-0.05, 0) is 73.5 Å². The average molecular weight is 495 g/mol. The van der Waals surface area contributed by atoms with Gasteiger partial charge in [0.05, 0.1) is 17.1 Å². The fourth-order valence-electron chi connectivity index (χ4n) is 4.54. The van der Waals surface area contributed by atoms with Gasteiger partial charge >= 0.3 is 0 Å². The molecule has 0 saturated carbocycles. The standard InChI is InChI=1S/C29H27FN6O/c1-19-7-10-22(17-20(19)2)32-29(37)24(18-31)27-28(34-26-6-4-3-5-25(26)33-27)36-15-13-35(14-16-36)23-11-8-21(30)9-12-23/h3-12,17,24H,13-16H2,1-2H3,(H,32,37). The number of hydrogen-bond donors (Lipinski definition) is 1. The summed E-state index contributed by atoms with van der Waals surface area (Å²) >= 11 is 0. The van der Waals surface area contributed by atoms with Crippen molar-refractivity contribution < 1.29 is 9.18 Å². The van der Waals surface area contributed by atoms with Crippen molar-refractivity contribution in [3.05, 3.63) is 89.4 Å². The summed E-state index contributed by atoms with van der Waals surface area (Å²) < 4.78 is 13.4. The number of para-hydroxylation sites is 2. The average Bonchev–Trinajstić information content (AvgIpc) is 2.91. The number of nitriles is 1. The lowest BCUT2D eigenvalue weighted by Gasteiger charge is -2.37. The maximum atomic E-state index is 13.4. The molecule has 1 aliphatic rings. The van der Waals surface area contributed by atoms with E-state index in [9.17, 15) is 14.4 Å². The maximum Gasteiger partial charge on any atom is 0.248 e. The largest absolute Gasteiger partial charge is 0.368 e. The van der Waals surface area contributed by atoms with E-state index in [4.69, 9.17) is 9.97 Å². The van der Waals surface area contributed by atoms with Crippen LogP contribution >= 0.6 is 0 Å². The van der Waals surface area contributed by atoms with E-state index < -0.39 is 11.8 Å². The molecule has 1 saturated heterocycles. The van der Waals surface area contributed by atoms with Crippen LogP contribution in [-0.2, 0) is 4.79 Å². The van der Waals surface area contributed by atoms with Crippen LogP contribution in [0, 0.1) is 31.0 Å². The van der Waals surface area contributed by atoms with E-state index in [1.165, 1.54) is 12.1 Å². The highest BCUT2D eigenvalue weighted by atomic mass is 19.1. The zero-order valence-corrected chi connectivity index (χ0v) is 20.8. The summed E-state index contributed by atoms with van der Waals surface area (Å²) in [4.78, 5) is 27.2. The highest BCUT2D eigenvalue weighted by molar-refractivity contribution is 5.98. The van der Waals surface area contributed by atoms with Gasteiger partial charge in [0.15, 0.2) is 11.7 Å². The highest BCUT2D eigenvalue weighted by Gasteiger charge is 2.30. The summed E-state index contributed by atoms with van der Waals surface area (Å²) in [7, 11) is 0. The number of nitrogens with zero attached hydrogens (tertiary/aromatic N) is 5. The molecule has 0 spiro atoms. The van der Waals surface area contributed by atoms with Crippen molar-refractivity contribution in [2.45, 2.75) is 19.8 Å². The molecular weight excluding hydrogens is 467 g/mol.